The number of nitrogens with one attached hydrogen (secondary N) is 2. The molecule has 1 aromatic carbocycles. The summed E-state index contributed by atoms with van der Waals surface area (Å²) in [6.45, 7) is 0. The van der Waals surface area contributed by atoms with Crippen molar-refractivity contribution in [1.29, 1.82) is 0 Å². The van der Waals surface area contributed by atoms with Gasteiger partial charge in [-0.05, 0) is 42.0 Å². The molecule has 0 unspecified atom stereocenters. The first kappa shape index (κ1) is 12.6. The summed E-state index contributed by atoms with van der Waals surface area (Å²) in [5.41, 5.74) is 3.28. The van der Waals surface area contributed by atoms with Gasteiger partial charge in [-0.25, -0.2) is 0 Å². The summed E-state index contributed by atoms with van der Waals surface area (Å²) >= 11 is 10.0. The number of H-pyrrole nitrogens is 2. The first-order valence-corrected chi connectivity index (χ1v) is 7.15. The summed E-state index contributed by atoms with van der Waals surface area (Å²) in [5.74, 6) is 0.0630. The van der Waals surface area contributed by atoms with Crippen LogP contribution in [0.3, 0.4) is 0 Å². The van der Waals surface area contributed by atoms with Crippen molar-refractivity contribution >= 4 is 27.5 Å². The smallest absolute Gasteiger partial charge is 0.0667 e. The number of halogens is 2. The fourth-order valence-corrected chi connectivity index (χ4v) is 3.31. The molecule has 0 atom stereocenters. The van der Waals surface area contributed by atoms with E-state index < -0.39 is 0 Å². The maximum Gasteiger partial charge on any atom is 0.0667 e. The average molecular weight is 336 g/mol. The van der Waals surface area contributed by atoms with E-state index in [0.29, 0.717) is 0 Å². The van der Waals surface area contributed by atoms with E-state index in [-0.39, 0.29) is 5.92 Å². The van der Waals surface area contributed by atoms with Crippen molar-refractivity contribution in [2.24, 2.45) is 0 Å². The molecular formula is C15H12BrClN2. The maximum absolute atomic E-state index is 6.40. The third-order valence-electron chi connectivity index (χ3n) is 3.15. The zero-order chi connectivity index (χ0) is 13.2. The second kappa shape index (κ2) is 5.27. The van der Waals surface area contributed by atoms with Crippen molar-refractivity contribution in [1.82, 2.24) is 9.97 Å². The molecule has 0 aliphatic heterocycles. The number of aromatic nitrogens is 2. The lowest BCUT2D eigenvalue weighted by Gasteiger charge is -2.18. The van der Waals surface area contributed by atoms with Crippen LogP contribution in [0.5, 0.6) is 0 Å². The van der Waals surface area contributed by atoms with E-state index in [1.807, 2.05) is 42.7 Å². The minimum absolute atomic E-state index is 0.0630. The lowest BCUT2D eigenvalue weighted by Crippen LogP contribution is -2.06. The zero-order valence-corrected chi connectivity index (χ0v) is 12.4. The Kier molecular flexibility index (Phi) is 3.49. The second-order valence-electron chi connectivity index (χ2n) is 4.32. The minimum Gasteiger partial charge on any atom is -0.364 e. The van der Waals surface area contributed by atoms with Crippen molar-refractivity contribution in [3.63, 3.8) is 0 Å². The molecular weight excluding hydrogens is 324 g/mol. The predicted molar refractivity (Wildman–Crippen MR) is 81.7 cm³/mol. The van der Waals surface area contributed by atoms with Crippen LogP contribution in [0.15, 0.2) is 59.3 Å². The number of rotatable bonds is 3. The van der Waals surface area contributed by atoms with Crippen LogP contribution in [0.1, 0.15) is 22.9 Å². The maximum atomic E-state index is 6.40. The van der Waals surface area contributed by atoms with Gasteiger partial charge < -0.3 is 9.97 Å². The largest absolute Gasteiger partial charge is 0.364 e. The molecule has 2 aromatic heterocycles. The number of hydrogen-bond acceptors (Lipinski definition) is 0. The Morgan fingerprint density at radius 3 is 2.00 bits per heavy atom. The van der Waals surface area contributed by atoms with Gasteiger partial charge in [-0.1, -0.05) is 33.6 Å². The Balaban J connectivity index is 2.21. The molecule has 2 heterocycles. The summed E-state index contributed by atoms with van der Waals surface area (Å²) in [6, 6.07) is 14.0. The van der Waals surface area contributed by atoms with Crippen molar-refractivity contribution in [3.05, 3.63) is 81.3 Å². The van der Waals surface area contributed by atoms with E-state index in [1.165, 1.54) is 0 Å². The lowest BCUT2D eigenvalue weighted by atomic mass is 9.92. The van der Waals surface area contributed by atoms with Crippen LogP contribution in [0, 0.1) is 0 Å². The van der Waals surface area contributed by atoms with Gasteiger partial charge in [-0.3, -0.25) is 0 Å². The molecule has 0 amide bonds. The average Bonchev–Trinajstić information content (AvgIpc) is 3.07. The third-order valence-corrected chi connectivity index (χ3v) is 4.18. The molecule has 2 N–H and O–H groups in total. The molecule has 0 radical (unpaired) electrons. The molecule has 0 spiro atoms. The minimum atomic E-state index is 0.0630. The summed E-state index contributed by atoms with van der Waals surface area (Å²) in [7, 11) is 0. The van der Waals surface area contributed by atoms with Crippen LogP contribution in [0.4, 0.5) is 0 Å². The van der Waals surface area contributed by atoms with E-state index in [0.717, 1.165) is 26.4 Å². The van der Waals surface area contributed by atoms with Crippen molar-refractivity contribution in [2.45, 2.75) is 5.92 Å². The standard InChI is InChI=1S/C15H12BrClN2/c16-10-4-1-5-11(17)14(10)15(12-6-2-8-18-12)13-7-3-9-19-13/h1-9,15,18-19H. The highest BCUT2D eigenvalue weighted by Crippen LogP contribution is 2.38. The van der Waals surface area contributed by atoms with E-state index in [2.05, 4.69) is 38.0 Å². The van der Waals surface area contributed by atoms with Gasteiger partial charge in [0.05, 0.1) is 5.92 Å². The summed E-state index contributed by atoms with van der Waals surface area (Å²) < 4.78 is 1.01. The van der Waals surface area contributed by atoms with Crippen LogP contribution in [0.2, 0.25) is 5.02 Å². The molecule has 0 fully saturated rings. The number of hydrogen-bond donors (Lipinski definition) is 2. The Morgan fingerprint density at radius 2 is 1.53 bits per heavy atom. The molecule has 3 aromatic rings. The summed E-state index contributed by atoms with van der Waals surface area (Å²) in [4.78, 5) is 6.56. The Bertz CT molecular complexity index is 605. The van der Waals surface area contributed by atoms with Gasteiger partial charge in [0.1, 0.15) is 0 Å². The second-order valence-corrected chi connectivity index (χ2v) is 5.58. The number of aromatic amines is 2. The molecule has 0 aliphatic carbocycles. The zero-order valence-electron chi connectivity index (χ0n) is 10.0. The third kappa shape index (κ3) is 2.36. The fourth-order valence-electron chi connectivity index (χ4n) is 2.31. The number of benzene rings is 1. The van der Waals surface area contributed by atoms with Gasteiger partial charge >= 0.3 is 0 Å². The molecule has 0 bridgehead atoms. The molecule has 96 valence electrons. The van der Waals surface area contributed by atoms with Gasteiger partial charge in [0.25, 0.3) is 0 Å². The van der Waals surface area contributed by atoms with Gasteiger partial charge in [0, 0.05) is 33.3 Å². The molecule has 0 saturated carbocycles. The molecule has 4 heteroatoms. The molecule has 2 nitrogen and oxygen atoms in total. The molecule has 19 heavy (non-hydrogen) atoms. The van der Waals surface area contributed by atoms with Crippen LogP contribution >= 0.6 is 27.5 Å². The monoisotopic (exact) mass is 334 g/mol. The quantitative estimate of drug-likeness (QED) is 0.679. The summed E-state index contributed by atoms with van der Waals surface area (Å²) in [6.07, 6.45) is 3.85. The summed E-state index contributed by atoms with van der Waals surface area (Å²) in [5, 5.41) is 0.753. The van der Waals surface area contributed by atoms with Crippen LogP contribution < -0.4 is 0 Å². The highest BCUT2D eigenvalue weighted by Gasteiger charge is 2.23. The SMILES string of the molecule is Clc1cccc(Br)c1C(c1ccc[nH]1)c1ccc[nH]1. The Morgan fingerprint density at radius 1 is 0.895 bits per heavy atom. The first-order chi connectivity index (χ1) is 9.27. The molecule has 0 saturated heterocycles. The van der Waals surface area contributed by atoms with E-state index in [9.17, 15) is 0 Å². The highest BCUT2D eigenvalue weighted by atomic mass is 79.9. The van der Waals surface area contributed by atoms with Crippen LogP contribution in [-0.4, -0.2) is 9.97 Å². The van der Waals surface area contributed by atoms with Gasteiger partial charge in [0.15, 0.2) is 0 Å². The molecule has 3 rings (SSSR count). The van der Waals surface area contributed by atoms with E-state index in [1.54, 1.807) is 0 Å². The molecule has 0 aliphatic rings. The lowest BCUT2D eigenvalue weighted by molar-refractivity contribution is 0.893. The van der Waals surface area contributed by atoms with Crippen molar-refractivity contribution in [3.8, 4) is 0 Å². The van der Waals surface area contributed by atoms with Crippen molar-refractivity contribution < 1.29 is 0 Å². The van der Waals surface area contributed by atoms with Gasteiger partial charge in [-0.2, -0.15) is 0 Å². The fraction of sp³-hybridized carbons (Fsp3) is 0.0667. The van der Waals surface area contributed by atoms with Crippen LogP contribution in [-0.2, 0) is 0 Å². The topological polar surface area (TPSA) is 31.6 Å². The van der Waals surface area contributed by atoms with Gasteiger partial charge in [0.2, 0.25) is 0 Å². The Labute approximate surface area is 124 Å². The van der Waals surface area contributed by atoms with Crippen LogP contribution in [0.25, 0.3) is 0 Å². The van der Waals surface area contributed by atoms with E-state index >= 15 is 0 Å². The highest BCUT2D eigenvalue weighted by molar-refractivity contribution is 9.10. The first-order valence-electron chi connectivity index (χ1n) is 5.98. The Hall–Kier alpha value is -1.45. The van der Waals surface area contributed by atoms with Gasteiger partial charge in [-0.15, -0.1) is 0 Å². The predicted octanol–water partition coefficient (Wildman–Crippen LogP) is 4.94. The van der Waals surface area contributed by atoms with Crippen molar-refractivity contribution in [2.75, 3.05) is 0 Å². The van der Waals surface area contributed by atoms with E-state index in [4.69, 9.17) is 11.6 Å². The normalized spacial score (nSPS) is 11.1.